The average Bonchev–Trinajstić information content (AvgIpc) is 2.35. The molecule has 1 amide bonds. The molecule has 0 aromatic carbocycles. The molecule has 0 saturated carbocycles. The van der Waals surface area contributed by atoms with Crippen molar-refractivity contribution in [3.05, 3.63) is 23.0 Å². The van der Waals surface area contributed by atoms with Crippen molar-refractivity contribution < 1.29 is 4.79 Å². The smallest absolute Gasteiger partial charge is 0.224 e. The predicted molar refractivity (Wildman–Crippen MR) is 77.3 cm³/mol. The molecule has 98 valence electrons. The maximum Gasteiger partial charge on any atom is 0.224 e. The van der Waals surface area contributed by atoms with E-state index in [1.54, 1.807) is 6.20 Å². The first-order chi connectivity index (χ1) is 8.66. The van der Waals surface area contributed by atoms with Crippen molar-refractivity contribution in [3.8, 4) is 0 Å². The van der Waals surface area contributed by atoms with Gasteiger partial charge in [-0.25, -0.2) is 4.98 Å². The molecule has 1 fully saturated rings. The minimum Gasteiger partial charge on any atom is -0.323 e. The van der Waals surface area contributed by atoms with Gasteiger partial charge in [0.2, 0.25) is 5.91 Å². The van der Waals surface area contributed by atoms with Crippen molar-refractivity contribution in [1.82, 2.24) is 4.98 Å². The summed E-state index contributed by atoms with van der Waals surface area (Å²) in [7, 11) is 0. The van der Waals surface area contributed by atoms with E-state index in [-0.39, 0.29) is 5.91 Å². The van der Waals surface area contributed by atoms with E-state index in [1.165, 1.54) is 11.5 Å². The van der Waals surface area contributed by atoms with Gasteiger partial charge in [0.15, 0.2) is 5.15 Å². The maximum absolute atomic E-state index is 12.0. The molecule has 0 aliphatic carbocycles. The Bertz CT molecular complexity index is 413. The molecule has 18 heavy (non-hydrogen) atoms. The Morgan fingerprint density at radius 3 is 2.94 bits per heavy atom. The van der Waals surface area contributed by atoms with Crippen LogP contribution in [0, 0.1) is 12.8 Å². The molecule has 2 heterocycles. The fourth-order valence-corrected chi connectivity index (χ4v) is 3.54. The standard InChI is InChI=1S/C13H17ClN2OS/c1-9-2-5-15-13(14)12(9)16-11(17)8-10-3-6-18-7-4-10/h2,5,10H,3-4,6-8H2,1H3,(H,16,17). The molecule has 1 aliphatic rings. The SMILES string of the molecule is Cc1ccnc(Cl)c1NC(=O)CC1CCSCC1. The molecule has 1 aliphatic heterocycles. The summed E-state index contributed by atoms with van der Waals surface area (Å²) in [5, 5.41) is 3.25. The first-order valence-corrected chi connectivity index (χ1v) is 7.69. The van der Waals surface area contributed by atoms with Crippen LogP contribution in [0.3, 0.4) is 0 Å². The number of nitrogens with one attached hydrogen (secondary N) is 1. The molecule has 1 aromatic heterocycles. The van der Waals surface area contributed by atoms with E-state index in [9.17, 15) is 4.79 Å². The Kier molecular flexibility index (Phi) is 4.89. The van der Waals surface area contributed by atoms with E-state index in [4.69, 9.17) is 11.6 Å². The topological polar surface area (TPSA) is 42.0 Å². The number of carbonyl (C=O) groups excluding carboxylic acids is 1. The van der Waals surface area contributed by atoms with Gasteiger partial charge in [0, 0.05) is 12.6 Å². The lowest BCUT2D eigenvalue weighted by molar-refractivity contribution is -0.117. The maximum atomic E-state index is 12.0. The van der Waals surface area contributed by atoms with Crippen LogP contribution in [0.2, 0.25) is 5.15 Å². The highest BCUT2D eigenvalue weighted by molar-refractivity contribution is 7.99. The van der Waals surface area contributed by atoms with Gasteiger partial charge >= 0.3 is 0 Å². The first-order valence-electron chi connectivity index (χ1n) is 6.15. The zero-order valence-electron chi connectivity index (χ0n) is 10.4. The van der Waals surface area contributed by atoms with Gasteiger partial charge in [0.05, 0.1) is 5.69 Å². The first kappa shape index (κ1) is 13.7. The van der Waals surface area contributed by atoms with Crippen molar-refractivity contribution >= 4 is 35.0 Å². The summed E-state index contributed by atoms with van der Waals surface area (Å²) in [6.07, 6.45) is 4.51. The Balaban J connectivity index is 1.94. The number of rotatable bonds is 3. The number of hydrogen-bond donors (Lipinski definition) is 1. The lowest BCUT2D eigenvalue weighted by Gasteiger charge is -2.20. The van der Waals surface area contributed by atoms with Crippen LogP contribution in [-0.2, 0) is 4.79 Å². The van der Waals surface area contributed by atoms with Crippen molar-refractivity contribution in [2.24, 2.45) is 5.92 Å². The molecule has 0 bridgehead atoms. The van der Waals surface area contributed by atoms with Gasteiger partial charge in [-0.15, -0.1) is 0 Å². The Morgan fingerprint density at radius 1 is 1.56 bits per heavy atom. The van der Waals surface area contributed by atoms with Gasteiger partial charge in [-0.3, -0.25) is 4.79 Å². The summed E-state index contributed by atoms with van der Waals surface area (Å²) >= 11 is 7.96. The largest absolute Gasteiger partial charge is 0.323 e. The summed E-state index contributed by atoms with van der Waals surface area (Å²) in [6, 6.07) is 1.85. The molecule has 0 radical (unpaired) electrons. The molecule has 5 heteroatoms. The van der Waals surface area contributed by atoms with E-state index in [1.807, 2.05) is 24.8 Å². The highest BCUT2D eigenvalue weighted by Gasteiger charge is 2.18. The van der Waals surface area contributed by atoms with Crippen LogP contribution in [0.4, 0.5) is 5.69 Å². The van der Waals surface area contributed by atoms with Gasteiger partial charge in [-0.05, 0) is 48.8 Å². The normalized spacial score (nSPS) is 16.6. The third-order valence-electron chi connectivity index (χ3n) is 3.19. The van der Waals surface area contributed by atoms with Crippen LogP contribution in [0.15, 0.2) is 12.3 Å². The number of amides is 1. The van der Waals surface area contributed by atoms with Crippen LogP contribution in [0.1, 0.15) is 24.8 Å². The molecule has 1 saturated heterocycles. The monoisotopic (exact) mass is 284 g/mol. The van der Waals surface area contributed by atoms with E-state index >= 15 is 0 Å². The quantitative estimate of drug-likeness (QED) is 0.864. The van der Waals surface area contributed by atoms with Crippen molar-refractivity contribution in [2.45, 2.75) is 26.2 Å². The molecule has 1 N–H and O–H groups in total. The van der Waals surface area contributed by atoms with Crippen LogP contribution in [0.5, 0.6) is 0 Å². The number of anilines is 1. The molecule has 0 unspecified atom stereocenters. The van der Waals surface area contributed by atoms with Crippen LogP contribution < -0.4 is 5.32 Å². The van der Waals surface area contributed by atoms with Gasteiger partial charge in [-0.2, -0.15) is 11.8 Å². The second kappa shape index (κ2) is 6.43. The van der Waals surface area contributed by atoms with E-state index in [2.05, 4.69) is 10.3 Å². The van der Waals surface area contributed by atoms with E-state index < -0.39 is 0 Å². The summed E-state index contributed by atoms with van der Waals surface area (Å²) < 4.78 is 0. The molecule has 2 rings (SSSR count). The molecule has 1 aromatic rings. The van der Waals surface area contributed by atoms with Crippen molar-refractivity contribution in [1.29, 1.82) is 0 Å². The fraction of sp³-hybridized carbons (Fsp3) is 0.538. The lowest BCUT2D eigenvalue weighted by atomic mass is 9.98. The summed E-state index contributed by atoms with van der Waals surface area (Å²) in [6.45, 7) is 1.92. The third kappa shape index (κ3) is 3.62. The Morgan fingerprint density at radius 2 is 2.28 bits per heavy atom. The zero-order chi connectivity index (χ0) is 13.0. The van der Waals surface area contributed by atoms with Crippen molar-refractivity contribution in [2.75, 3.05) is 16.8 Å². The van der Waals surface area contributed by atoms with E-state index in [0.717, 1.165) is 18.4 Å². The second-order valence-corrected chi connectivity index (χ2v) is 6.18. The van der Waals surface area contributed by atoms with Gasteiger partial charge in [0.25, 0.3) is 0 Å². The van der Waals surface area contributed by atoms with Crippen LogP contribution in [-0.4, -0.2) is 22.4 Å². The van der Waals surface area contributed by atoms with Gasteiger partial charge < -0.3 is 5.32 Å². The number of halogens is 1. The number of nitrogens with zero attached hydrogens (tertiary/aromatic N) is 1. The Hall–Kier alpha value is -0.740. The highest BCUT2D eigenvalue weighted by atomic mass is 35.5. The van der Waals surface area contributed by atoms with E-state index in [0.29, 0.717) is 23.2 Å². The highest BCUT2D eigenvalue weighted by Crippen LogP contribution is 2.27. The molecular weight excluding hydrogens is 268 g/mol. The number of aromatic nitrogens is 1. The minimum absolute atomic E-state index is 0.0462. The number of pyridine rings is 1. The van der Waals surface area contributed by atoms with Gasteiger partial charge in [0.1, 0.15) is 0 Å². The molecule has 0 spiro atoms. The third-order valence-corrected chi connectivity index (χ3v) is 4.53. The summed E-state index contributed by atoms with van der Waals surface area (Å²) in [4.78, 5) is 16.0. The zero-order valence-corrected chi connectivity index (χ0v) is 12.0. The van der Waals surface area contributed by atoms with Crippen LogP contribution >= 0.6 is 23.4 Å². The second-order valence-electron chi connectivity index (χ2n) is 4.60. The Labute approximate surface area is 117 Å². The van der Waals surface area contributed by atoms with Crippen molar-refractivity contribution in [3.63, 3.8) is 0 Å². The minimum atomic E-state index is 0.0462. The predicted octanol–water partition coefficient (Wildman–Crippen LogP) is 3.52. The fourth-order valence-electron chi connectivity index (χ4n) is 2.08. The lowest BCUT2D eigenvalue weighted by Crippen LogP contribution is -2.20. The van der Waals surface area contributed by atoms with Gasteiger partial charge in [-0.1, -0.05) is 11.6 Å². The number of thioether (sulfide) groups is 1. The average molecular weight is 285 g/mol. The molecule has 0 atom stereocenters. The number of aryl methyl sites for hydroxylation is 1. The summed E-state index contributed by atoms with van der Waals surface area (Å²) in [5.41, 5.74) is 1.59. The molecule has 3 nitrogen and oxygen atoms in total. The molecular formula is C13H17ClN2OS. The number of hydrogen-bond acceptors (Lipinski definition) is 3. The van der Waals surface area contributed by atoms with Crippen LogP contribution in [0.25, 0.3) is 0 Å². The summed E-state index contributed by atoms with van der Waals surface area (Å²) in [5.74, 6) is 2.90. The number of carbonyl (C=O) groups is 1.